The molecule has 132 valence electrons. The molecule has 0 spiro atoms. The van der Waals surface area contributed by atoms with Crippen LogP contribution in [-0.2, 0) is 4.79 Å². The molecule has 3 aromatic carbocycles. The van der Waals surface area contributed by atoms with Crippen molar-refractivity contribution in [2.24, 2.45) is 0 Å². The Morgan fingerprint density at radius 3 is 2.33 bits per heavy atom. The van der Waals surface area contributed by atoms with Crippen LogP contribution in [0.1, 0.15) is 5.56 Å². The highest BCUT2D eigenvalue weighted by atomic mass is 32.2. The summed E-state index contributed by atoms with van der Waals surface area (Å²) in [4.78, 5) is 14.5. The van der Waals surface area contributed by atoms with E-state index < -0.39 is 5.91 Å². The van der Waals surface area contributed by atoms with Gasteiger partial charge in [-0.1, -0.05) is 48.2 Å². The number of nitrogens with one attached hydrogen (secondary N) is 1. The van der Waals surface area contributed by atoms with Crippen LogP contribution in [-0.4, -0.2) is 11.0 Å². The van der Waals surface area contributed by atoms with Gasteiger partial charge in [0.25, 0.3) is 5.91 Å². The first-order chi connectivity index (χ1) is 13.2. The normalized spacial score (nSPS) is 10.9. The molecule has 0 radical (unpaired) electrons. The predicted octanol–water partition coefficient (Wildman–Crippen LogP) is 5.09. The molecule has 0 aromatic heterocycles. The van der Waals surface area contributed by atoms with Gasteiger partial charge in [-0.05, 0) is 54.1 Å². The first kappa shape index (κ1) is 18.3. The van der Waals surface area contributed by atoms with E-state index in [1.165, 1.54) is 12.1 Å². The molecule has 0 fully saturated rings. The van der Waals surface area contributed by atoms with Crippen molar-refractivity contribution in [3.8, 4) is 11.8 Å². The van der Waals surface area contributed by atoms with Crippen molar-refractivity contribution in [2.75, 3.05) is 5.32 Å². The molecule has 0 unspecified atom stereocenters. The summed E-state index contributed by atoms with van der Waals surface area (Å²) in [7, 11) is 0. The molecular weight excluding hydrogens is 356 g/mol. The lowest BCUT2D eigenvalue weighted by atomic mass is 10.1. The first-order valence-electron chi connectivity index (χ1n) is 8.20. The maximum atomic E-state index is 12.4. The van der Waals surface area contributed by atoms with E-state index in [9.17, 15) is 15.2 Å². The minimum Gasteiger partial charge on any atom is -0.508 e. The van der Waals surface area contributed by atoms with Gasteiger partial charge < -0.3 is 10.4 Å². The van der Waals surface area contributed by atoms with Crippen LogP contribution in [0.3, 0.4) is 0 Å². The maximum Gasteiger partial charge on any atom is 0.266 e. The van der Waals surface area contributed by atoms with Crippen LogP contribution in [0.5, 0.6) is 5.75 Å². The Morgan fingerprint density at radius 1 is 0.963 bits per heavy atom. The third-order valence-corrected chi connectivity index (χ3v) is 4.78. The van der Waals surface area contributed by atoms with E-state index in [4.69, 9.17) is 0 Å². The molecule has 3 aromatic rings. The van der Waals surface area contributed by atoms with Gasteiger partial charge in [0.1, 0.15) is 17.4 Å². The number of benzene rings is 3. The van der Waals surface area contributed by atoms with Gasteiger partial charge in [0.15, 0.2) is 0 Å². The minimum absolute atomic E-state index is 0.00388. The zero-order valence-corrected chi connectivity index (χ0v) is 15.1. The number of hydrogen-bond acceptors (Lipinski definition) is 4. The summed E-state index contributed by atoms with van der Waals surface area (Å²) < 4.78 is 0. The summed E-state index contributed by atoms with van der Waals surface area (Å²) in [5.41, 5.74) is 1.30. The van der Waals surface area contributed by atoms with Crippen molar-refractivity contribution in [2.45, 2.75) is 9.79 Å². The van der Waals surface area contributed by atoms with Crippen LogP contribution in [0.15, 0.2) is 94.2 Å². The smallest absolute Gasteiger partial charge is 0.266 e. The molecule has 0 aliphatic heterocycles. The quantitative estimate of drug-likeness (QED) is 0.372. The van der Waals surface area contributed by atoms with Crippen molar-refractivity contribution >= 4 is 29.4 Å². The van der Waals surface area contributed by atoms with Crippen LogP contribution >= 0.6 is 11.8 Å². The Morgan fingerprint density at radius 2 is 1.63 bits per heavy atom. The molecule has 0 saturated heterocycles. The highest BCUT2D eigenvalue weighted by Crippen LogP contribution is 2.31. The summed E-state index contributed by atoms with van der Waals surface area (Å²) in [6.45, 7) is 0. The fourth-order valence-corrected chi connectivity index (χ4v) is 3.29. The summed E-state index contributed by atoms with van der Waals surface area (Å²) in [5.74, 6) is -0.390. The Labute approximate surface area is 161 Å². The number of phenols is 1. The van der Waals surface area contributed by atoms with Crippen LogP contribution in [0.4, 0.5) is 5.69 Å². The molecule has 0 bridgehead atoms. The Kier molecular flexibility index (Phi) is 5.93. The fraction of sp³-hybridized carbons (Fsp3) is 0. The van der Waals surface area contributed by atoms with Crippen LogP contribution in [0.25, 0.3) is 6.08 Å². The molecule has 2 N–H and O–H groups in total. The SMILES string of the molecule is N#CC(=Cc1ccccc1Sc1ccccc1)C(=O)Nc1ccc(O)cc1. The molecule has 3 rings (SSSR count). The summed E-state index contributed by atoms with van der Waals surface area (Å²) >= 11 is 1.57. The van der Waals surface area contributed by atoms with E-state index in [2.05, 4.69) is 5.32 Å². The van der Waals surface area contributed by atoms with Gasteiger partial charge in [-0.15, -0.1) is 0 Å². The lowest BCUT2D eigenvalue weighted by Gasteiger charge is -2.07. The molecular formula is C22H16N2O2S. The molecule has 0 saturated carbocycles. The number of aromatic hydroxyl groups is 1. The number of carbonyl (C=O) groups excluding carboxylic acids is 1. The highest BCUT2D eigenvalue weighted by Gasteiger charge is 2.11. The van der Waals surface area contributed by atoms with Crippen molar-refractivity contribution in [3.05, 3.63) is 90.0 Å². The first-order valence-corrected chi connectivity index (χ1v) is 9.01. The second kappa shape index (κ2) is 8.75. The number of rotatable bonds is 5. The second-order valence-corrected chi connectivity index (χ2v) is 6.74. The number of nitriles is 1. The van der Waals surface area contributed by atoms with Crippen LogP contribution < -0.4 is 5.32 Å². The zero-order chi connectivity index (χ0) is 19.1. The monoisotopic (exact) mass is 372 g/mol. The molecule has 0 heterocycles. The van der Waals surface area contributed by atoms with E-state index in [1.54, 1.807) is 30.0 Å². The van der Waals surface area contributed by atoms with Crippen molar-refractivity contribution in [3.63, 3.8) is 0 Å². The van der Waals surface area contributed by atoms with Crippen molar-refractivity contribution in [1.82, 2.24) is 0 Å². The number of amides is 1. The van der Waals surface area contributed by atoms with Gasteiger partial charge >= 0.3 is 0 Å². The zero-order valence-electron chi connectivity index (χ0n) is 14.3. The minimum atomic E-state index is -0.497. The van der Waals surface area contributed by atoms with Gasteiger partial charge in [0.2, 0.25) is 0 Å². The van der Waals surface area contributed by atoms with Crippen molar-refractivity contribution in [1.29, 1.82) is 5.26 Å². The Hall–Kier alpha value is -3.49. The van der Waals surface area contributed by atoms with Crippen molar-refractivity contribution < 1.29 is 9.90 Å². The van der Waals surface area contributed by atoms with E-state index in [1.807, 2.05) is 60.7 Å². The molecule has 5 heteroatoms. The number of phenolic OH excluding ortho intramolecular Hbond substituents is 1. The van der Waals surface area contributed by atoms with Gasteiger partial charge in [0, 0.05) is 15.5 Å². The number of nitrogens with zero attached hydrogens (tertiary/aromatic N) is 1. The topological polar surface area (TPSA) is 73.1 Å². The molecule has 0 aliphatic carbocycles. The summed E-state index contributed by atoms with van der Waals surface area (Å²) in [6.07, 6.45) is 1.58. The Bertz CT molecular complexity index is 1010. The molecule has 0 aliphatic rings. The average molecular weight is 372 g/mol. The number of carbonyl (C=O) groups is 1. The van der Waals surface area contributed by atoms with Crippen LogP contribution in [0.2, 0.25) is 0 Å². The van der Waals surface area contributed by atoms with E-state index in [0.29, 0.717) is 5.69 Å². The largest absolute Gasteiger partial charge is 0.508 e. The van der Waals surface area contributed by atoms with Gasteiger partial charge in [-0.25, -0.2) is 0 Å². The van der Waals surface area contributed by atoms with Gasteiger partial charge in [0.05, 0.1) is 0 Å². The van der Waals surface area contributed by atoms with Crippen LogP contribution in [0, 0.1) is 11.3 Å². The molecule has 27 heavy (non-hydrogen) atoms. The number of hydrogen-bond donors (Lipinski definition) is 2. The van der Waals surface area contributed by atoms with E-state index in [-0.39, 0.29) is 11.3 Å². The third kappa shape index (κ3) is 5.00. The summed E-state index contributed by atoms with van der Waals surface area (Å²) in [6, 6.07) is 25.6. The second-order valence-electron chi connectivity index (χ2n) is 5.62. The Balaban J connectivity index is 1.84. The van der Waals surface area contributed by atoms with Gasteiger partial charge in [-0.3, -0.25) is 4.79 Å². The molecule has 1 amide bonds. The van der Waals surface area contributed by atoms with Gasteiger partial charge in [-0.2, -0.15) is 5.26 Å². The maximum absolute atomic E-state index is 12.4. The van der Waals surface area contributed by atoms with E-state index >= 15 is 0 Å². The van der Waals surface area contributed by atoms with E-state index in [0.717, 1.165) is 15.4 Å². The fourth-order valence-electron chi connectivity index (χ4n) is 2.36. The summed E-state index contributed by atoms with van der Waals surface area (Å²) in [5, 5.41) is 21.4. The predicted molar refractivity (Wildman–Crippen MR) is 107 cm³/mol. The highest BCUT2D eigenvalue weighted by molar-refractivity contribution is 7.99. The molecule has 4 nitrogen and oxygen atoms in total. The number of anilines is 1. The lowest BCUT2D eigenvalue weighted by molar-refractivity contribution is -0.112. The molecule has 0 atom stereocenters. The standard InChI is InChI=1S/C22H16N2O2S/c23-15-17(22(26)24-18-10-12-19(25)13-11-18)14-16-6-4-5-9-21(16)27-20-7-2-1-3-8-20/h1-14,25H,(H,24,26). The average Bonchev–Trinajstić information content (AvgIpc) is 2.69. The third-order valence-electron chi connectivity index (χ3n) is 3.68. The lowest BCUT2D eigenvalue weighted by Crippen LogP contribution is -2.13.